The van der Waals surface area contributed by atoms with E-state index in [0.717, 1.165) is 28.3 Å². The van der Waals surface area contributed by atoms with Gasteiger partial charge in [-0.3, -0.25) is 0 Å². The average molecular weight is 519 g/mol. The third kappa shape index (κ3) is 3.29. The molecule has 0 spiro atoms. The SMILES string of the molecule is Cc1nc(N)ccc1-n1c(-c2[c-]cccc2)nnc1-c1ccccc1.[Ir]. The van der Waals surface area contributed by atoms with Crippen molar-refractivity contribution in [2.24, 2.45) is 0 Å². The van der Waals surface area contributed by atoms with Crippen LogP contribution in [-0.2, 0) is 20.1 Å². The van der Waals surface area contributed by atoms with Gasteiger partial charge in [0, 0.05) is 25.7 Å². The van der Waals surface area contributed by atoms with E-state index < -0.39 is 0 Å². The third-order valence-electron chi connectivity index (χ3n) is 3.97. The molecule has 0 atom stereocenters. The maximum absolute atomic E-state index is 5.82. The molecule has 1 radical (unpaired) electrons. The second kappa shape index (κ2) is 7.60. The Balaban J connectivity index is 0.00000196. The summed E-state index contributed by atoms with van der Waals surface area (Å²) in [5.41, 5.74) is 9.38. The zero-order chi connectivity index (χ0) is 17.2. The molecule has 6 heteroatoms. The topological polar surface area (TPSA) is 69.6 Å². The van der Waals surface area contributed by atoms with E-state index in [-0.39, 0.29) is 20.1 Å². The average Bonchev–Trinajstić information content (AvgIpc) is 3.08. The number of hydrogen-bond acceptors (Lipinski definition) is 4. The molecular formula is C20H16IrN5-. The molecule has 131 valence electrons. The summed E-state index contributed by atoms with van der Waals surface area (Å²) in [5.74, 6) is 1.96. The molecule has 0 aliphatic rings. The van der Waals surface area contributed by atoms with Crippen LogP contribution >= 0.6 is 0 Å². The normalized spacial score (nSPS) is 10.3. The molecule has 2 heterocycles. The summed E-state index contributed by atoms with van der Waals surface area (Å²) in [6.07, 6.45) is 0. The van der Waals surface area contributed by atoms with Crippen LogP contribution in [0.2, 0.25) is 0 Å². The van der Waals surface area contributed by atoms with Gasteiger partial charge in [0.05, 0.1) is 17.2 Å². The molecule has 2 N–H and O–H groups in total. The third-order valence-corrected chi connectivity index (χ3v) is 3.97. The van der Waals surface area contributed by atoms with Crippen molar-refractivity contribution >= 4 is 5.82 Å². The monoisotopic (exact) mass is 519 g/mol. The Kier molecular flexibility index (Phi) is 5.26. The first kappa shape index (κ1) is 18.0. The van der Waals surface area contributed by atoms with E-state index in [4.69, 9.17) is 5.73 Å². The molecule has 0 aliphatic carbocycles. The van der Waals surface area contributed by atoms with Crippen molar-refractivity contribution in [1.82, 2.24) is 19.7 Å². The fourth-order valence-corrected chi connectivity index (χ4v) is 2.80. The number of nitrogens with two attached hydrogens (primary N) is 1. The number of nitrogens with zero attached hydrogens (tertiary/aromatic N) is 4. The van der Waals surface area contributed by atoms with E-state index in [1.54, 1.807) is 6.07 Å². The summed E-state index contributed by atoms with van der Waals surface area (Å²) in [4.78, 5) is 4.39. The van der Waals surface area contributed by atoms with Crippen LogP contribution in [0.3, 0.4) is 0 Å². The van der Waals surface area contributed by atoms with Crippen molar-refractivity contribution < 1.29 is 20.1 Å². The molecule has 4 aromatic rings. The molecule has 2 aromatic carbocycles. The quantitative estimate of drug-likeness (QED) is 0.420. The smallest absolute Gasteiger partial charge is 0.159 e. The molecule has 2 aromatic heterocycles. The van der Waals surface area contributed by atoms with E-state index in [0.29, 0.717) is 11.6 Å². The molecule has 0 saturated heterocycles. The number of pyridine rings is 1. The van der Waals surface area contributed by atoms with Crippen molar-refractivity contribution in [1.29, 1.82) is 0 Å². The Morgan fingerprint density at radius 1 is 0.885 bits per heavy atom. The number of aryl methyl sites for hydroxylation is 1. The van der Waals surface area contributed by atoms with E-state index in [1.807, 2.05) is 72.2 Å². The molecule has 0 amide bonds. The molecule has 4 rings (SSSR count). The standard InChI is InChI=1S/C20H16N5.Ir/c1-14-17(12-13-18(21)22-14)25-19(15-8-4-2-5-9-15)23-24-20(25)16-10-6-3-7-11-16;/h2-10,12-13H,1H3,(H2,21,22);/q-1;. The van der Waals surface area contributed by atoms with Crippen molar-refractivity contribution in [3.05, 3.63) is 78.5 Å². The molecule has 0 bridgehead atoms. The number of hydrogen-bond donors (Lipinski definition) is 1. The Bertz CT molecular complexity index is 956. The van der Waals surface area contributed by atoms with Gasteiger partial charge in [0.25, 0.3) is 0 Å². The van der Waals surface area contributed by atoms with Crippen LogP contribution in [0.5, 0.6) is 0 Å². The Morgan fingerprint density at radius 3 is 2.31 bits per heavy atom. The van der Waals surface area contributed by atoms with Gasteiger partial charge in [-0.25, -0.2) is 4.98 Å². The Morgan fingerprint density at radius 2 is 1.62 bits per heavy atom. The summed E-state index contributed by atoms with van der Waals surface area (Å²) < 4.78 is 2.00. The first-order valence-electron chi connectivity index (χ1n) is 7.95. The van der Waals surface area contributed by atoms with Gasteiger partial charge in [-0.2, -0.15) is 5.10 Å². The molecule has 0 unspecified atom stereocenters. The summed E-state index contributed by atoms with van der Waals surface area (Å²) in [6, 6.07) is 24.6. The molecule has 26 heavy (non-hydrogen) atoms. The number of nitrogen functional groups attached to an aromatic ring is 1. The maximum atomic E-state index is 5.82. The summed E-state index contributed by atoms with van der Waals surface area (Å²) in [5, 5.41) is 8.86. The molecule has 5 nitrogen and oxygen atoms in total. The number of rotatable bonds is 3. The largest absolute Gasteiger partial charge is 0.384 e. The van der Waals surface area contributed by atoms with Crippen LogP contribution < -0.4 is 5.73 Å². The predicted molar refractivity (Wildman–Crippen MR) is 98.0 cm³/mol. The van der Waals surface area contributed by atoms with E-state index in [2.05, 4.69) is 21.2 Å². The van der Waals surface area contributed by atoms with Crippen LogP contribution in [0, 0.1) is 13.0 Å². The minimum absolute atomic E-state index is 0. The number of aromatic nitrogens is 4. The second-order valence-corrected chi connectivity index (χ2v) is 5.67. The van der Waals surface area contributed by atoms with Crippen LogP contribution in [0.15, 0.2) is 66.7 Å². The van der Waals surface area contributed by atoms with Gasteiger partial charge in [-0.15, -0.1) is 41.0 Å². The number of benzene rings is 2. The Labute approximate surface area is 165 Å². The predicted octanol–water partition coefficient (Wildman–Crippen LogP) is 3.68. The zero-order valence-corrected chi connectivity index (χ0v) is 16.4. The first-order valence-corrected chi connectivity index (χ1v) is 7.95. The fraction of sp³-hybridized carbons (Fsp3) is 0.0500. The first-order chi connectivity index (χ1) is 12.2. The van der Waals surface area contributed by atoms with Crippen molar-refractivity contribution in [2.75, 3.05) is 5.73 Å². The summed E-state index contributed by atoms with van der Waals surface area (Å²) >= 11 is 0. The molecule has 0 saturated carbocycles. The van der Waals surface area contributed by atoms with Crippen molar-refractivity contribution in [3.63, 3.8) is 0 Å². The maximum Gasteiger partial charge on any atom is 0.159 e. The van der Waals surface area contributed by atoms with Crippen LogP contribution in [-0.4, -0.2) is 19.7 Å². The van der Waals surface area contributed by atoms with Crippen molar-refractivity contribution in [2.45, 2.75) is 6.92 Å². The van der Waals surface area contributed by atoms with Gasteiger partial charge in [0.1, 0.15) is 5.82 Å². The molecular weight excluding hydrogens is 502 g/mol. The zero-order valence-electron chi connectivity index (χ0n) is 14.1. The van der Waals surface area contributed by atoms with Crippen LogP contribution in [0.4, 0.5) is 5.82 Å². The Hall–Kier alpha value is -2.82. The van der Waals surface area contributed by atoms with Crippen LogP contribution in [0.1, 0.15) is 5.69 Å². The van der Waals surface area contributed by atoms with Gasteiger partial charge in [0.15, 0.2) is 5.82 Å². The van der Waals surface area contributed by atoms with Gasteiger partial charge in [-0.1, -0.05) is 30.3 Å². The van der Waals surface area contributed by atoms with Crippen LogP contribution in [0.25, 0.3) is 28.5 Å². The van der Waals surface area contributed by atoms with Gasteiger partial charge < -0.3 is 10.3 Å². The summed E-state index contributed by atoms with van der Waals surface area (Å²) in [7, 11) is 0. The fourth-order valence-electron chi connectivity index (χ4n) is 2.80. The van der Waals surface area contributed by atoms with E-state index >= 15 is 0 Å². The molecule has 0 aliphatic heterocycles. The van der Waals surface area contributed by atoms with E-state index in [1.165, 1.54) is 0 Å². The van der Waals surface area contributed by atoms with Gasteiger partial charge in [-0.05, 0) is 19.1 Å². The molecule has 0 fully saturated rings. The second-order valence-electron chi connectivity index (χ2n) is 5.67. The number of anilines is 1. The van der Waals surface area contributed by atoms with E-state index in [9.17, 15) is 0 Å². The van der Waals surface area contributed by atoms with Gasteiger partial charge in [0.2, 0.25) is 0 Å². The van der Waals surface area contributed by atoms with Crippen molar-refractivity contribution in [3.8, 4) is 28.5 Å². The summed E-state index contributed by atoms with van der Waals surface area (Å²) in [6.45, 7) is 1.93. The minimum atomic E-state index is 0. The van der Waals surface area contributed by atoms with Gasteiger partial charge >= 0.3 is 0 Å². The minimum Gasteiger partial charge on any atom is -0.384 e.